The molecular weight excluding hydrogens is 474 g/mol. The Labute approximate surface area is 182 Å². The lowest BCUT2D eigenvalue weighted by Crippen LogP contribution is -2.47. The van der Waals surface area contributed by atoms with E-state index in [1.165, 1.54) is 12.1 Å². The molecule has 1 aliphatic rings. The highest BCUT2D eigenvalue weighted by molar-refractivity contribution is 14.0. The topological polar surface area (TPSA) is 76.4 Å². The maximum absolute atomic E-state index is 13.3. The summed E-state index contributed by atoms with van der Waals surface area (Å²) >= 11 is 0. The minimum absolute atomic E-state index is 0. The van der Waals surface area contributed by atoms with Crippen molar-refractivity contribution in [2.75, 3.05) is 13.1 Å². The Hall–Kier alpha value is -1.91. The molecular formula is C19H28FIN6O. The average molecular weight is 502 g/mol. The third kappa shape index (κ3) is 6.32. The molecule has 1 aromatic carbocycles. The van der Waals surface area contributed by atoms with E-state index in [4.69, 9.17) is 4.74 Å². The van der Waals surface area contributed by atoms with Crippen LogP contribution in [-0.2, 0) is 13.0 Å². The number of guanidine groups is 1. The van der Waals surface area contributed by atoms with E-state index < -0.39 is 0 Å². The molecule has 0 saturated heterocycles. The predicted molar refractivity (Wildman–Crippen MR) is 118 cm³/mol. The lowest BCUT2D eigenvalue weighted by atomic mass is 10.1. The zero-order valence-electron chi connectivity index (χ0n) is 16.5. The Kier molecular flexibility index (Phi) is 8.46. The fourth-order valence-electron chi connectivity index (χ4n) is 3.09. The number of nitrogens with one attached hydrogen (secondary N) is 2. The van der Waals surface area contributed by atoms with Crippen molar-refractivity contribution in [1.29, 1.82) is 0 Å². The quantitative estimate of drug-likeness (QED) is 0.361. The van der Waals surface area contributed by atoms with Crippen LogP contribution in [0.2, 0.25) is 0 Å². The van der Waals surface area contributed by atoms with Gasteiger partial charge in [0.1, 0.15) is 29.3 Å². The maximum Gasteiger partial charge on any atom is 0.191 e. The van der Waals surface area contributed by atoms with E-state index in [0.717, 1.165) is 43.5 Å². The third-order valence-corrected chi connectivity index (χ3v) is 4.29. The van der Waals surface area contributed by atoms with Gasteiger partial charge in [0.25, 0.3) is 0 Å². The van der Waals surface area contributed by atoms with Gasteiger partial charge >= 0.3 is 0 Å². The summed E-state index contributed by atoms with van der Waals surface area (Å²) in [5, 5.41) is 11.2. The molecule has 1 aliphatic heterocycles. The molecule has 1 aromatic heterocycles. The van der Waals surface area contributed by atoms with E-state index in [2.05, 4.69) is 25.7 Å². The first-order valence-electron chi connectivity index (χ1n) is 9.41. The molecule has 0 radical (unpaired) electrons. The summed E-state index contributed by atoms with van der Waals surface area (Å²) in [6.45, 7) is 7.87. The van der Waals surface area contributed by atoms with E-state index in [9.17, 15) is 4.39 Å². The van der Waals surface area contributed by atoms with Crippen molar-refractivity contribution >= 4 is 29.9 Å². The zero-order chi connectivity index (χ0) is 19.2. The van der Waals surface area contributed by atoms with Crippen molar-refractivity contribution in [2.24, 2.45) is 4.99 Å². The van der Waals surface area contributed by atoms with Crippen LogP contribution in [0.5, 0.6) is 5.75 Å². The third-order valence-electron chi connectivity index (χ3n) is 4.29. The zero-order valence-corrected chi connectivity index (χ0v) is 18.8. The summed E-state index contributed by atoms with van der Waals surface area (Å²) in [5.74, 6) is 2.81. The lowest BCUT2D eigenvalue weighted by Gasteiger charge is -2.25. The Bertz CT molecular complexity index is 796. The number of ether oxygens (including phenoxy) is 1. The first kappa shape index (κ1) is 22.4. The molecule has 0 aliphatic carbocycles. The maximum atomic E-state index is 13.3. The standard InChI is InChI=1S/C19H27FN6O.HI/c1-4-21-19(22-11-13(2)27-17-7-5-6-15(20)10-17)24-16-8-9-18-23-14(3)25-26(18)12-16;/h5-7,10,13,16H,4,8-9,11-12H2,1-3H3,(H2,21,22,24);1H. The summed E-state index contributed by atoms with van der Waals surface area (Å²) in [5.41, 5.74) is 0. The van der Waals surface area contributed by atoms with Gasteiger partial charge in [0.05, 0.1) is 13.1 Å². The van der Waals surface area contributed by atoms with Crippen LogP contribution in [-0.4, -0.2) is 46.0 Å². The molecule has 7 nitrogen and oxygen atoms in total. The minimum atomic E-state index is -0.307. The van der Waals surface area contributed by atoms with Gasteiger partial charge in [0.15, 0.2) is 5.96 Å². The molecule has 2 unspecified atom stereocenters. The number of aryl methyl sites for hydroxylation is 2. The fraction of sp³-hybridized carbons (Fsp3) is 0.526. The number of aliphatic imine (C=N–C) groups is 1. The normalized spacial score (nSPS) is 17.3. The van der Waals surface area contributed by atoms with Gasteiger partial charge < -0.3 is 15.4 Å². The van der Waals surface area contributed by atoms with Gasteiger partial charge in [-0.3, -0.25) is 0 Å². The van der Waals surface area contributed by atoms with Gasteiger partial charge in [-0.15, -0.1) is 24.0 Å². The number of aromatic nitrogens is 3. The van der Waals surface area contributed by atoms with Crippen LogP contribution in [0.3, 0.4) is 0 Å². The van der Waals surface area contributed by atoms with Gasteiger partial charge in [-0.1, -0.05) is 6.07 Å². The molecule has 2 atom stereocenters. The largest absolute Gasteiger partial charge is 0.489 e. The first-order chi connectivity index (χ1) is 13.0. The number of hydrogen-bond acceptors (Lipinski definition) is 4. The number of rotatable bonds is 6. The van der Waals surface area contributed by atoms with Crippen LogP contribution in [0.1, 0.15) is 31.9 Å². The van der Waals surface area contributed by atoms with E-state index >= 15 is 0 Å². The van der Waals surface area contributed by atoms with Crippen molar-refractivity contribution in [3.8, 4) is 5.75 Å². The minimum Gasteiger partial charge on any atom is -0.489 e. The molecule has 2 heterocycles. The highest BCUT2D eigenvalue weighted by Crippen LogP contribution is 2.14. The molecule has 28 heavy (non-hydrogen) atoms. The molecule has 9 heteroatoms. The molecule has 2 N–H and O–H groups in total. The van der Waals surface area contributed by atoms with Crippen LogP contribution < -0.4 is 15.4 Å². The monoisotopic (exact) mass is 502 g/mol. The van der Waals surface area contributed by atoms with Gasteiger partial charge in [-0.25, -0.2) is 19.0 Å². The van der Waals surface area contributed by atoms with Crippen molar-refractivity contribution < 1.29 is 9.13 Å². The molecule has 2 aromatic rings. The Morgan fingerprint density at radius 3 is 3.04 bits per heavy atom. The summed E-state index contributed by atoms with van der Waals surface area (Å²) in [6, 6.07) is 6.40. The SMILES string of the molecule is CCNC(=NCC(C)Oc1cccc(F)c1)NC1CCc2nc(C)nn2C1.I. The first-order valence-corrected chi connectivity index (χ1v) is 9.41. The number of nitrogens with zero attached hydrogens (tertiary/aromatic N) is 4. The average Bonchev–Trinajstić information content (AvgIpc) is 2.99. The highest BCUT2D eigenvalue weighted by atomic mass is 127. The Morgan fingerprint density at radius 2 is 2.29 bits per heavy atom. The van der Waals surface area contributed by atoms with Crippen LogP contribution in [0, 0.1) is 12.7 Å². The molecule has 3 rings (SSSR count). The van der Waals surface area contributed by atoms with Crippen molar-refractivity contribution in [3.05, 3.63) is 41.7 Å². The smallest absolute Gasteiger partial charge is 0.191 e. The summed E-state index contributed by atoms with van der Waals surface area (Å²) in [6.07, 6.45) is 1.72. The van der Waals surface area contributed by atoms with Gasteiger partial charge in [0.2, 0.25) is 0 Å². The second-order valence-corrected chi connectivity index (χ2v) is 6.74. The lowest BCUT2D eigenvalue weighted by molar-refractivity contribution is 0.229. The van der Waals surface area contributed by atoms with Gasteiger partial charge in [0, 0.05) is 25.1 Å². The molecule has 0 amide bonds. The van der Waals surface area contributed by atoms with E-state index in [0.29, 0.717) is 12.3 Å². The van der Waals surface area contributed by atoms with Crippen LogP contribution >= 0.6 is 24.0 Å². The highest BCUT2D eigenvalue weighted by Gasteiger charge is 2.21. The van der Waals surface area contributed by atoms with Crippen molar-refractivity contribution in [2.45, 2.75) is 52.3 Å². The molecule has 0 fully saturated rings. The number of hydrogen-bond donors (Lipinski definition) is 2. The Balaban J connectivity index is 0.00000280. The predicted octanol–water partition coefficient (Wildman–Crippen LogP) is 2.68. The fourth-order valence-corrected chi connectivity index (χ4v) is 3.09. The van der Waals surface area contributed by atoms with Crippen LogP contribution in [0.25, 0.3) is 0 Å². The molecule has 154 valence electrons. The van der Waals surface area contributed by atoms with E-state index in [-0.39, 0.29) is 41.9 Å². The van der Waals surface area contributed by atoms with Gasteiger partial charge in [-0.2, -0.15) is 5.10 Å². The van der Waals surface area contributed by atoms with E-state index in [1.54, 1.807) is 12.1 Å². The molecule has 0 saturated carbocycles. The Morgan fingerprint density at radius 1 is 1.46 bits per heavy atom. The number of benzene rings is 1. The van der Waals surface area contributed by atoms with E-state index in [1.807, 2.05) is 25.5 Å². The van der Waals surface area contributed by atoms with Gasteiger partial charge in [-0.05, 0) is 39.3 Å². The summed E-state index contributed by atoms with van der Waals surface area (Å²) in [4.78, 5) is 9.06. The molecule has 0 bridgehead atoms. The van der Waals surface area contributed by atoms with Crippen molar-refractivity contribution in [1.82, 2.24) is 25.4 Å². The van der Waals surface area contributed by atoms with Crippen LogP contribution in [0.15, 0.2) is 29.3 Å². The summed E-state index contributed by atoms with van der Waals surface area (Å²) in [7, 11) is 0. The summed E-state index contributed by atoms with van der Waals surface area (Å²) < 4.78 is 21.0. The number of halogens is 2. The second kappa shape index (κ2) is 10.6. The molecule has 0 spiro atoms. The van der Waals surface area contributed by atoms with Crippen LogP contribution in [0.4, 0.5) is 4.39 Å². The van der Waals surface area contributed by atoms with Crippen molar-refractivity contribution in [3.63, 3.8) is 0 Å². The number of fused-ring (bicyclic) bond motifs is 1. The second-order valence-electron chi connectivity index (χ2n) is 6.74.